The van der Waals surface area contributed by atoms with Crippen LogP contribution in [0.15, 0.2) is 42.7 Å². The summed E-state index contributed by atoms with van der Waals surface area (Å²) >= 11 is 1.54. The first-order chi connectivity index (χ1) is 14.8. The van der Waals surface area contributed by atoms with Crippen LogP contribution in [0.3, 0.4) is 0 Å². The zero-order chi connectivity index (χ0) is 23.5. The first-order valence-electron chi connectivity index (χ1n) is 10.6. The number of aromatic nitrogens is 2. The molecule has 168 valence electrons. The summed E-state index contributed by atoms with van der Waals surface area (Å²) in [7, 11) is 0. The third-order valence-corrected chi connectivity index (χ3v) is 7.10. The number of fused-ring (bicyclic) bond motifs is 3. The molecule has 4 aromatic rings. The van der Waals surface area contributed by atoms with Gasteiger partial charge in [-0.1, -0.05) is 58.4 Å². The molecular formula is C26H27F3N2S. The molecule has 2 heterocycles. The second-order valence-corrected chi connectivity index (χ2v) is 11.3. The van der Waals surface area contributed by atoms with E-state index in [-0.39, 0.29) is 11.8 Å². The second kappa shape index (κ2) is 7.55. The van der Waals surface area contributed by atoms with Crippen molar-refractivity contribution in [3.63, 3.8) is 0 Å². The molecular weight excluding hydrogens is 429 g/mol. The van der Waals surface area contributed by atoms with Crippen LogP contribution in [0.1, 0.15) is 51.3 Å². The Morgan fingerprint density at radius 3 is 2.28 bits per heavy atom. The molecule has 0 aliphatic rings. The SMILES string of the molecule is Cc1cc(-c2ncnc3c2sc2cc(CC(C)(C)C(F)(F)F)ccc23)cc(C(C)(C)C)c1. The van der Waals surface area contributed by atoms with E-state index in [9.17, 15) is 13.2 Å². The number of rotatable bonds is 3. The Kier molecular flexibility index (Phi) is 5.36. The fourth-order valence-electron chi connectivity index (χ4n) is 3.90. The zero-order valence-corrected chi connectivity index (χ0v) is 20.0. The summed E-state index contributed by atoms with van der Waals surface area (Å²) in [6.07, 6.45) is -2.74. The van der Waals surface area contributed by atoms with Gasteiger partial charge < -0.3 is 0 Å². The Balaban J connectivity index is 1.85. The highest BCUT2D eigenvalue weighted by Gasteiger charge is 2.47. The van der Waals surface area contributed by atoms with Crippen LogP contribution in [0.25, 0.3) is 31.6 Å². The Morgan fingerprint density at radius 1 is 0.906 bits per heavy atom. The van der Waals surface area contributed by atoms with Gasteiger partial charge in [-0.15, -0.1) is 11.3 Å². The maximum absolute atomic E-state index is 13.4. The monoisotopic (exact) mass is 456 g/mol. The van der Waals surface area contributed by atoms with Gasteiger partial charge >= 0.3 is 6.18 Å². The second-order valence-electron chi connectivity index (χ2n) is 10.2. The van der Waals surface area contributed by atoms with Crippen LogP contribution >= 0.6 is 11.3 Å². The van der Waals surface area contributed by atoms with Crippen molar-refractivity contribution >= 4 is 31.6 Å². The standard InChI is InChI=1S/C26H27F3N2S/c1-15-9-17(12-18(10-15)24(2,3)4)21-23-22(31-14-30-21)19-8-7-16(11-20(19)32-23)13-25(5,6)26(27,28)29/h7-12,14H,13H2,1-6H3. The van der Waals surface area contributed by atoms with E-state index < -0.39 is 11.6 Å². The Labute approximate surface area is 190 Å². The number of hydrogen-bond acceptors (Lipinski definition) is 3. The van der Waals surface area contributed by atoms with Gasteiger partial charge in [-0.3, -0.25) is 0 Å². The van der Waals surface area contributed by atoms with Crippen LogP contribution in [0, 0.1) is 12.3 Å². The average molecular weight is 457 g/mol. The van der Waals surface area contributed by atoms with Crippen LogP contribution in [0.2, 0.25) is 0 Å². The number of nitrogens with zero attached hydrogens (tertiary/aromatic N) is 2. The van der Waals surface area contributed by atoms with E-state index in [0.717, 1.165) is 37.1 Å². The lowest BCUT2D eigenvalue weighted by Gasteiger charge is -2.27. The molecule has 0 bridgehead atoms. The minimum Gasteiger partial charge on any atom is -0.235 e. The number of aryl methyl sites for hydroxylation is 1. The predicted molar refractivity (Wildman–Crippen MR) is 127 cm³/mol. The highest BCUT2D eigenvalue weighted by Crippen LogP contribution is 2.42. The van der Waals surface area contributed by atoms with Crippen molar-refractivity contribution in [2.75, 3.05) is 0 Å². The van der Waals surface area contributed by atoms with Gasteiger partial charge in [0.15, 0.2) is 0 Å². The number of halogens is 3. The molecule has 0 saturated carbocycles. The summed E-state index contributed by atoms with van der Waals surface area (Å²) in [5, 5.41) is 0.950. The van der Waals surface area contributed by atoms with Crippen molar-refractivity contribution < 1.29 is 13.2 Å². The molecule has 0 amide bonds. The average Bonchev–Trinajstić information content (AvgIpc) is 3.03. The van der Waals surface area contributed by atoms with Crippen LogP contribution in [0.5, 0.6) is 0 Å². The molecule has 2 nitrogen and oxygen atoms in total. The van der Waals surface area contributed by atoms with Gasteiger partial charge in [0, 0.05) is 15.6 Å². The number of hydrogen-bond donors (Lipinski definition) is 0. The first kappa shape index (κ1) is 22.7. The van der Waals surface area contributed by atoms with Gasteiger partial charge in [-0.25, -0.2) is 9.97 Å². The lowest BCUT2D eigenvalue weighted by atomic mass is 9.85. The summed E-state index contributed by atoms with van der Waals surface area (Å²) in [4.78, 5) is 9.11. The molecule has 0 spiro atoms. The summed E-state index contributed by atoms with van der Waals surface area (Å²) in [5.74, 6) is 0. The molecule has 0 saturated heterocycles. The summed E-state index contributed by atoms with van der Waals surface area (Å²) in [6, 6.07) is 12.0. The molecule has 6 heteroatoms. The minimum absolute atomic E-state index is 0.00721. The molecule has 0 radical (unpaired) electrons. The largest absolute Gasteiger partial charge is 0.394 e. The van der Waals surface area contributed by atoms with Crippen molar-refractivity contribution in [1.82, 2.24) is 9.97 Å². The van der Waals surface area contributed by atoms with Crippen molar-refractivity contribution in [2.24, 2.45) is 5.41 Å². The van der Waals surface area contributed by atoms with Gasteiger partial charge in [-0.05, 0) is 48.1 Å². The van der Waals surface area contributed by atoms with E-state index in [1.807, 2.05) is 12.1 Å². The maximum Gasteiger partial charge on any atom is 0.394 e. The summed E-state index contributed by atoms with van der Waals surface area (Å²) < 4.78 is 42.0. The quantitative estimate of drug-likeness (QED) is 0.310. The fourth-order valence-corrected chi connectivity index (χ4v) is 5.13. The Morgan fingerprint density at radius 2 is 1.62 bits per heavy atom. The summed E-state index contributed by atoms with van der Waals surface area (Å²) in [5.41, 5.74) is 4.03. The minimum atomic E-state index is -4.25. The van der Waals surface area contributed by atoms with Gasteiger partial charge in [-0.2, -0.15) is 13.2 Å². The molecule has 4 rings (SSSR count). The first-order valence-corrected chi connectivity index (χ1v) is 11.4. The molecule has 0 unspecified atom stereocenters. The van der Waals surface area contributed by atoms with E-state index >= 15 is 0 Å². The molecule has 0 aliphatic heterocycles. The molecule has 0 aliphatic carbocycles. The Hall–Kier alpha value is -2.47. The normalized spacial score (nSPS) is 13.3. The lowest BCUT2D eigenvalue weighted by Crippen LogP contribution is -2.34. The molecule has 0 fully saturated rings. The smallest absolute Gasteiger partial charge is 0.235 e. The van der Waals surface area contributed by atoms with Gasteiger partial charge in [0.25, 0.3) is 0 Å². The number of alkyl halides is 3. The highest BCUT2D eigenvalue weighted by molar-refractivity contribution is 7.26. The van der Waals surface area contributed by atoms with Gasteiger partial charge in [0.1, 0.15) is 6.33 Å². The molecule has 0 N–H and O–H groups in total. The van der Waals surface area contributed by atoms with Crippen LogP contribution in [0.4, 0.5) is 13.2 Å². The third-order valence-electron chi connectivity index (χ3n) is 5.95. The van der Waals surface area contributed by atoms with E-state index in [1.165, 1.54) is 19.4 Å². The van der Waals surface area contributed by atoms with Crippen molar-refractivity contribution in [2.45, 2.75) is 59.6 Å². The molecule has 0 atom stereocenters. The third kappa shape index (κ3) is 4.13. The highest BCUT2D eigenvalue weighted by atomic mass is 32.1. The van der Waals surface area contributed by atoms with Gasteiger partial charge in [0.05, 0.1) is 21.3 Å². The van der Waals surface area contributed by atoms with Crippen molar-refractivity contribution in [1.29, 1.82) is 0 Å². The van der Waals surface area contributed by atoms with E-state index in [1.54, 1.807) is 23.7 Å². The van der Waals surface area contributed by atoms with Crippen LogP contribution in [-0.4, -0.2) is 16.1 Å². The van der Waals surface area contributed by atoms with Gasteiger partial charge in [0.2, 0.25) is 0 Å². The lowest BCUT2D eigenvalue weighted by molar-refractivity contribution is -0.211. The van der Waals surface area contributed by atoms with Crippen LogP contribution in [-0.2, 0) is 11.8 Å². The van der Waals surface area contributed by atoms with Crippen molar-refractivity contribution in [3.8, 4) is 11.3 Å². The predicted octanol–water partition coefficient (Wildman–Crippen LogP) is 8.25. The van der Waals surface area contributed by atoms with E-state index in [4.69, 9.17) is 0 Å². The Bertz CT molecular complexity index is 1310. The molecule has 2 aromatic carbocycles. The zero-order valence-electron chi connectivity index (χ0n) is 19.2. The topological polar surface area (TPSA) is 25.8 Å². The van der Waals surface area contributed by atoms with Crippen LogP contribution < -0.4 is 0 Å². The number of thiophene rings is 1. The number of benzene rings is 2. The molecule has 32 heavy (non-hydrogen) atoms. The van der Waals surface area contributed by atoms with Crippen molar-refractivity contribution in [3.05, 3.63) is 59.4 Å². The maximum atomic E-state index is 13.4. The molecule has 2 aromatic heterocycles. The van der Waals surface area contributed by atoms with E-state index in [0.29, 0.717) is 5.56 Å². The summed E-state index contributed by atoms with van der Waals surface area (Å²) in [6.45, 7) is 11.1. The van der Waals surface area contributed by atoms with E-state index in [2.05, 4.69) is 55.9 Å². The fraction of sp³-hybridized carbons (Fsp3) is 0.385.